The zero-order valence-electron chi connectivity index (χ0n) is 13.2. The first-order chi connectivity index (χ1) is 10.6. The predicted octanol–water partition coefficient (Wildman–Crippen LogP) is 1.07. The van der Waals surface area contributed by atoms with Crippen molar-refractivity contribution in [2.45, 2.75) is 44.1 Å². The molecule has 22 heavy (non-hydrogen) atoms. The first kappa shape index (κ1) is 17.4. The molecule has 5 nitrogen and oxygen atoms in total. The fourth-order valence-electron chi connectivity index (χ4n) is 3.10. The Bertz CT molecular complexity index is 437. The van der Waals surface area contributed by atoms with Crippen molar-refractivity contribution in [2.24, 2.45) is 0 Å². The van der Waals surface area contributed by atoms with Crippen LogP contribution in [-0.4, -0.2) is 59.2 Å². The van der Waals surface area contributed by atoms with Crippen molar-refractivity contribution >= 4 is 0 Å². The van der Waals surface area contributed by atoms with Gasteiger partial charge in [0.15, 0.2) is 0 Å². The molecule has 124 valence electrons. The highest BCUT2D eigenvalue weighted by molar-refractivity contribution is 5.23. The van der Waals surface area contributed by atoms with Gasteiger partial charge in [0.05, 0.1) is 25.4 Å². The van der Waals surface area contributed by atoms with Gasteiger partial charge in [-0.15, -0.1) is 0 Å². The highest BCUT2D eigenvalue weighted by atomic mass is 16.5. The number of β-amino-alcohol motifs (C(OH)–C–C–N with tert-alkyl or cyclic N) is 1. The van der Waals surface area contributed by atoms with Crippen LogP contribution < -0.4 is 0 Å². The molecular formula is C17H27NO4. The molecule has 5 heteroatoms. The maximum Gasteiger partial charge on any atom is 0.0815 e. The van der Waals surface area contributed by atoms with Gasteiger partial charge in [0.1, 0.15) is 0 Å². The summed E-state index contributed by atoms with van der Waals surface area (Å²) in [5.74, 6) is 0. The second kappa shape index (κ2) is 8.60. The van der Waals surface area contributed by atoms with Gasteiger partial charge in [-0.3, -0.25) is 4.90 Å². The molecule has 1 heterocycles. The van der Waals surface area contributed by atoms with Crippen LogP contribution in [0.2, 0.25) is 0 Å². The number of ether oxygens (including phenoxy) is 1. The molecule has 3 N–H and O–H groups in total. The van der Waals surface area contributed by atoms with E-state index in [1.54, 1.807) is 31.4 Å². The van der Waals surface area contributed by atoms with Crippen LogP contribution in [0.3, 0.4) is 0 Å². The van der Waals surface area contributed by atoms with E-state index in [2.05, 4.69) is 4.90 Å². The van der Waals surface area contributed by atoms with E-state index in [9.17, 15) is 10.2 Å². The minimum absolute atomic E-state index is 0.00511. The molecule has 0 spiro atoms. The van der Waals surface area contributed by atoms with Crippen molar-refractivity contribution in [3.05, 3.63) is 35.4 Å². The smallest absolute Gasteiger partial charge is 0.0815 e. The first-order valence-electron chi connectivity index (χ1n) is 7.93. The molecule has 0 amide bonds. The Morgan fingerprint density at radius 1 is 1.27 bits per heavy atom. The lowest BCUT2D eigenvalue weighted by Gasteiger charge is -2.27. The Labute approximate surface area is 132 Å². The average molecular weight is 309 g/mol. The lowest BCUT2D eigenvalue weighted by atomic mass is 10.0. The molecule has 1 aromatic rings. The van der Waals surface area contributed by atoms with Crippen LogP contribution in [-0.2, 0) is 11.3 Å². The van der Waals surface area contributed by atoms with Crippen LogP contribution >= 0.6 is 0 Å². The van der Waals surface area contributed by atoms with E-state index in [0.29, 0.717) is 25.6 Å². The Kier molecular flexibility index (Phi) is 6.79. The summed E-state index contributed by atoms with van der Waals surface area (Å²) in [6, 6.07) is 7.56. The summed E-state index contributed by atoms with van der Waals surface area (Å²) < 4.78 is 5.22. The predicted molar refractivity (Wildman–Crippen MR) is 84.4 cm³/mol. The van der Waals surface area contributed by atoms with Gasteiger partial charge in [-0.1, -0.05) is 24.3 Å². The summed E-state index contributed by atoms with van der Waals surface area (Å²) in [5.41, 5.74) is 1.59. The molecule has 3 atom stereocenters. The monoisotopic (exact) mass is 309 g/mol. The van der Waals surface area contributed by atoms with Gasteiger partial charge in [-0.05, 0) is 30.5 Å². The number of likely N-dealkylation sites (tertiary alicyclic amines) is 1. The van der Waals surface area contributed by atoms with Gasteiger partial charge >= 0.3 is 0 Å². The second-order valence-electron chi connectivity index (χ2n) is 6.05. The van der Waals surface area contributed by atoms with Crippen LogP contribution in [0.1, 0.15) is 36.5 Å². The summed E-state index contributed by atoms with van der Waals surface area (Å²) >= 11 is 0. The van der Waals surface area contributed by atoms with Crippen molar-refractivity contribution in [3.8, 4) is 0 Å². The molecular weight excluding hydrogens is 282 g/mol. The summed E-state index contributed by atoms with van der Waals surface area (Å²) in [7, 11) is 1.70. The molecule has 1 saturated heterocycles. The van der Waals surface area contributed by atoms with Crippen molar-refractivity contribution in [3.63, 3.8) is 0 Å². The molecule has 3 unspecified atom stereocenters. The van der Waals surface area contributed by atoms with Gasteiger partial charge in [0.2, 0.25) is 0 Å². The zero-order chi connectivity index (χ0) is 15.9. The molecule has 0 bridgehead atoms. The van der Waals surface area contributed by atoms with E-state index in [0.717, 1.165) is 30.5 Å². The summed E-state index contributed by atoms with van der Waals surface area (Å²) in [5, 5.41) is 29.5. The normalized spacial score (nSPS) is 21.9. The van der Waals surface area contributed by atoms with E-state index in [4.69, 9.17) is 9.84 Å². The molecule has 1 fully saturated rings. The van der Waals surface area contributed by atoms with Crippen LogP contribution in [0.15, 0.2) is 24.3 Å². The molecule has 0 radical (unpaired) electrons. The third-order valence-electron chi connectivity index (χ3n) is 4.35. The molecule has 1 aliphatic heterocycles. The number of rotatable bonds is 8. The summed E-state index contributed by atoms with van der Waals surface area (Å²) in [4.78, 5) is 2.25. The van der Waals surface area contributed by atoms with Crippen molar-refractivity contribution in [1.82, 2.24) is 4.90 Å². The fraction of sp³-hybridized carbons (Fsp3) is 0.647. The van der Waals surface area contributed by atoms with Crippen LogP contribution in [0.4, 0.5) is 0 Å². The fourth-order valence-corrected chi connectivity index (χ4v) is 3.10. The van der Waals surface area contributed by atoms with E-state index in [1.807, 2.05) is 0 Å². The van der Waals surface area contributed by atoms with Crippen LogP contribution in [0.5, 0.6) is 0 Å². The van der Waals surface area contributed by atoms with Gasteiger partial charge in [0.25, 0.3) is 0 Å². The Morgan fingerprint density at radius 3 is 2.64 bits per heavy atom. The number of nitrogens with zero attached hydrogens (tertiary/aromatic N) is 1. The summed E-state index contributed by atoms with van der Waals surface area (Å²) in [6.07, 6.45) is 1.29. The quantitative estimate of drug-likeness (QED) is 0.670. The second-order valence-corrected chi connectivity index (χ2v) is 6.05. The van der Waals surface area contributed by atoms with Gasteiger partial charge < -0.3 is 20.1 Å². The number of methoxy groups -OCH3 is 1. The van der Waals surface area contributed by atoms with Crippen molar-refractivity contribution in [2.75, 3.05) is 26.8 Å². The highest BCUT2D eigenvalue weighted by Gasteiger charge is 2.27. The van der Waals surface area contributed by atoms with E-state index in [-0.39, 0.29) is 6.61 Å². The number of hydrogen-bond acceptors (Lipinski definition) is 5. The van der Waals surface area contributed by atoms with Gasteiger partial charge in [-0.25, -0.2) is 0 Å². The standard InChI is InChI=1S/C17H27NO4/c1-22-12-15-3-2-8-18(15)10-16(20)9-17(21)14-6-4-13(11-19)5-7-14/h4-7,15-17,19-21H,2-3,8-12H2,1H3. The third-order valence-corrected chi connectivity index (χ3v) is 4.35. The number of benzene rings is 1. The first-order valence-corrected chi connectivity index (χ1v) is 7.93. The molecule has 1 aromatic carbocycles. The maximum absolute atomic E-state index is 10.2. The number of aliphatic hydroxyl groups is 3. The molecule has 1 aliphatic rings. The molecule has 2 rings (SSSR count). The topological polar surface area (TPSA) is 73.2 Å². The average Bonchev–Trinajstić information content (AvgIpc) is 2.94. The van der Waals surface area contributed by atoms with Crippen LogP contribution in [0.25, 0.3) is 0 Å². The molecule has 0 aliphatic carbocycles. The largest absolute Gasteiger partial charge is 0.392 e. The Balaban J connectivity index is 1.83. The van der Waals surface area contributed by atoms with Gasteiger partial charge in [0, 0.05) is 26.1 Å². The van der Waals surface area contributed by atoms with E-state index >= 15 is 0 Å². The minimum atomic E-state index is -0.689. The SMILES string of the molecule is COCC1CCCN1CC(O)CC(O)c1ccc(CO)cc1. The van der Waals surface area contributed by atoms with E-state index < -0.39 is 12.2 Å². The Morgan fingerprint density at radius 2 is 2.00 bits per heavy atom. The number of hydrogen-bond donors (Lipinski definition) is 3. The zero-order valence-corrected chi connectivity index (χ0v) is 13.2. The molecule has 0 aromatic heterocycles. The number of aliphatic hydroxyl groups excluding tert-OH is 3. The minimum Gasteiger partial charge on any atom is -0.392 e. The van der Waals surface area contributed by atoms with Gasteiger partial charge in [-0.2, -0.15) is 0 Å². The van der Waals surface area contributed by atoms with Crippen molar-refractivity contribution in [1.29, 1.82) is 0 Å². The lowest BCUT2D eigenvalue weighted by Crippen LogP contribution is -2.39. The van der Waals surface area contributed by atoms with E-state index in [1.165, 1.54) is 0 Å². The lowest BCUT2D eigenvalue weighted by molar-refractivity contribution is 0.0374. The maximum atomic E-state index is 10.2. The highest BCUT2D eigenvalue weighted by Crippen LogP contribution is 2.22. The third kappa shape index (κ3) is 4.76. The summed E-state index contributed by atoms with van der Waals surface area (Å²) in [6.45, 7) is 2.24. The van der Waals surface area contributed by atoms with Crippen LogP contribution in [0, 0.1) is 0 Å². The molecule has 0 saturated carbocycles. The van der Waals surface area contributed by atoms with Crippen molar-refractivity contribution < 1.29 is 20.1 Å². The Hall–Kier alpha value is -0.980.